The van der Waals surface area contributed by atoms with Gasteiger partial charge in [-0.1, -0.05) is 6.08 Å². The standard InChI is InChI=1S/C14H18N2O3/c1-4-5-6-13(17)15-14(2,3)11-7-9-12(10-8-11)16(18)19/h4,7-10H,1,5-6H2,2-3H3,(H,15,17). The van der Waals surface area contributed by atoms with Crippen molar-refractivity contribution in [2.45, 2.75) is 32.2 Å². The SMILES string of the molecule is C=CCCC(=O)NC(C)(C)c1ccc([N+](=O)[O-])cc1. The van der Waals surface area contributed by atoms with Crippen molar-refractivity contribution in [2.75, 3.05) is 0 Å². The van der Waals surface area contributed by atoms with Crippen molar-refractivity contribution in [1.82, 2.24) is 5.32 Å². The molecule has 0 fully saturated rings. The third kappa shape index (κ3) is 4.21. The van der Waals surface area contributed by atoms with Crippen LogP contribution in [-0.2, 0) is 10.3 Å². The quantitative estimate of drug-likeness (QED) is 0.486. The number of non-ortho nitro benzene ring substituents is 1. The average Bonchev–Trinajstić information content (AvgIpc) is 2.36. The van der Waals surface area contributed by atoms with Crippen molar-refractivity contribution in [3.8, 4) is 0 Å². The molecule has 0 saturated heterocycles. The molecule has 0 radical (unpaired) electrons. The summed E-state index contributed by atoms with van der Waals surface area (Å²) in [6.07, 6.45) is 2.71. The number of carbonyl (C=O) groups is 1. The zero-order valence-electron chi connectivity index (χ0n) is 11.2. The first-order valence-electron chi connectivity index (χ1n) is 6.03. The van der Waals surface area contributed by atoms with Crippen LogP contribution in [0.15, 0.2) is 36.9 Å². The van der Waals surface area contributed by atoms with E-state index in [9.17, 15) is 14.9 Å². The van der Waals surface area contributed by atoms with Gasteiger partial charge in [-0.3, -0.25) is 14.9 Å². The molecule has 102 valence electrons. The number of hydrogen-bond donors (Lipinski definition) is 1. The van der Waals surface area contributed by atoms with Gasteiger partial charge < -0.3 is 5.32 Å². The Labute approximate surface area is 112 Å². The number of nitro groups is 1. The number of nitrogens with one attached hydrogen (secondary N) is 1. The summed E-state index contributed by atoms with van der Waals surface area (Å²) in [4.78, 5) is 21.8. The number of allylic oxidation sites excluding steroid dienone is 1. The smallest absolute Gasteiger partial charge is 0.269 e. The number of carbonyl (C=O) groups excluding carboxylic acids is 1. The lowest BCUT2D eigenvalue weighted by Gasteiger charge is -2.26. The van der Waals surface area contributed by atoms with E-state index < -0.39 is 10.5 Å². The lowest BCUT2D eigenvalue weighted by molar-refractivity contribution is -0.384. The highest BCUT2D eigenvalue weighted by Gasteiger charge is 2.23. The molecule has 0 aliphatic carbocycles. The van der Waals surface area contributed by atoms with Gasteiger partial charge >= 0.3 is 0 Å². The Hall–Kier alpha value is -2.17. The van der Waals surface area contributed by atoms with Crippen molar-refractivity contribution < 1.29 is 9.72 Å². The first-order chi connectivity index (χ1) is 8.86. The third-order valence-electron chi connectivity index (χ3n) is 2.83. The number of rotatable bonds is 6. The zero-order chi connectivity index (χ0) is 14.5. The van der Waals surface area contributed by atoms with Gasteiger partial charge in [0.05, 0.1) is 10.5 Å². The molecular weight excluding hydrogens is 244 g/mol. The summed E-state index contributed by atoms with van der Waals surface area (Å²) < 4.78 is 0. The fourth-order valence-electron chi connectivity index (χ4n) is 1.72. The number of nitro benzene ring substituents is 1. The van der Waals surface area contributed by atoms with E-state index in [1.54, 1.807) is 18.2 Å². The van der Waals surface area contributed by atoms with E-state index in [0.29, 0.717) is 12.8 Å². The lowest BCUT2D eigenvalue weighted by Crippen LogP contribution is -2.40. The van der Waals surface area contributed by atoms with Crippen LogP contribution in [0.2, 0.25) is 0 Å². The first kappa shape index (κ1) is 14.9. The molecular formula is C14H18N2O3. The third-order valence-corrected chi connectivity index (χ3v) is 2.83. The van der Waals surface area contributed by atoms with E-state index in [-0.39, 0.29) is 11.6 Å². The molecule has 0 aromatic heterocycles. The van der Waals surface area contributed by atoms with Crippen LogP contribution in [-0.4, -0.2) is 10.8 Å². The van der Waals surface area contributed by atoms with Crippen LogP contribution in [0.4, 0.5) is 5.69 Å². The van der Waals surface area contributed by atoms with Gasteiger partial charge in [-0.05, 0) is 38.0 Å². The molecule has 5 heteroatoms. The molecule has 0 saturated carbocycles. The number of amides is 1. The normalized spacial score (nSPS) is 10.8. The van der Waals surface area contributed by atoms with Crippen molar-refractivity contribution in [1.29, 1.82) is 0 Å². The summed E-state index contributed by atoms with van der Waals surface area (Å²) in [6, 6.07) is 6.19. The Kier molecular flexibility index (Phi) is 4.80. The maximum absolute atomic E-state index is 11.7. The van der Waals surface area contributed by atoms with E-state index in [0.717, 1.165) is 5.56 Å². The van der Waals surface area contributed by atoms with Crippen LogP contribution in [0.3, 0.4) is 0 Å². The van der Waals surface area contributed by atoms with Gasteiger partial charge in [0.1, 0.15) is 0 Å². The second kappa shape index (κ2) is 6.13. The maximum atomic E-state index is 11.7. The number of benzene rings is 1. The van der Waals surface area contributed by atoms with Gasteiger partial charge in [0, 0.05) is 18.6 Å². The van der Waals surface area contributed by atoms with Crippen LogP contribution in [0, 0.1) is 10.1 Å². The van der Waals surface area contributed by atoms with Gasteiger partial charge in [0.25, 0.3) is 5.69 Å². The van der Waals surface area contributed by atoms with Gasteiger partial charge in [0.2, 0.25) is 5.91 Å². The monoisotopic (exact) mass is 262 g/mol. The first-order valence-corrected chi connectivity index (χ1v) is 6.03. The molecule has 0 aliphatic heterocycles. The van der Waals surface area contributed by atoms with Crippen LogP contribution in [0.5, 0.6) is 0 Å². The van der Waals surface area contributed by atoms with Gasteiger partial charge in [-0.25, -0.2) is 0 Å². The molecule has 1 N–H and O–H groups in total. The minimum Gasteiger partial charge on any atom is -0.347 e. The zero-order valence-corrected chi connectivity index (χ0v) is 11.2. The second-order valence-electron chi connectivity index (χ2n) is 4.80. The highest BCUT2D eigenvalue weighted by Crippen LogP contribution is 2.22. The van der Waals surface area contributed by atoms with Crippen LogP contribution < -0.4 is 5.32 Å². The summed E-state index contributed by atoms with van der Waals surface area (Å²) in [6.45, 7) is 7.29. The van der Waals surface area contributed by atoms with Gasteiger partial charge in [-0.15, -0.1) is 6.58 Å². The molecule has 5 nitrogen and oxygen atoms in total. The lowest BCUT2D eigenvalue weighted by atomic mass is 9.94. The van der Waals surface area contributed by atoms with Crippen molar-refractivity contribution in [3.05, 3.63) is 52.6 Å². The second-order valence-corrected chi connectivity index (χ2v) is 4.80. The molecule has 0 heterocycles. The van der Waals surface area contributed by atoms with Gasteiger partial charge in [0.15, 0.2) is 0 Å². The minimum atomic E-state index is -0.562. The molecule has 0 spiro atoms. The molecule has 0 atom stereocenters. The van der Waals surface area contributed by atoms with Crippen molar-refractivity contribution in [2.24, 2.45) is 0 Å². The summed E-state index contributed by atoms with van der Waals surface area (Å²) in [5.74, 6) is -0.0664. The fraction of sp³-hybridized carbons (Fsp3) is 0.357. The summed E-state index contributed by atoms with van der Waals surface area (Å²) in [5.41, 5.74) is 0.301. The molecule has 1 amide bonds. The molecule has 19 heavy (non-hydrogen) atoms. The summed E-state index contributed by atoms with van der Waals surface area (Å²) >= 11 is 0. The number of hydrogen-bond acceptors (Lipinski definition) is 3. The van der Waals surface area contributed by atoms with E-state index in [1.807, 2.05) is 13.8 Å². The predicted molar refractivity (Wildman–Crippen MR) is 73.7 cm³/mol. The van der Waals surface area contributed by atoms with Crippen molar-refractivity contribution >= 4 is 11.6 Å². The molecule has 1 aromatic rings. The van der Waals surface area contributed by atoms with E-state index in [4.69, 9.17) is 0 Å². The van der Waals surface area contributed by atoms with Crippen LogP contribution in [0.25, 0.3) is 0 Å². The Morgan fingerprint density at radius 2 is 2.00 bits per heavy atom. The van der Waals surface area contributed by atoms with E-state index in [2.05, 4.69) is 11.9 Å². The highest BCUT2D eigenvalue weighted by molar-refractivity contribution is 5.77. The van der Waals surface area contributed by atoms with Gasteiger partial charge in [-0.2, -0.15) is 0 Å². The molecule has 0 unspecified atom stereocenters. The molecule has 1 rings (SSSR count). The minimum absolute atomic E-state index is 0.0394. The molecule has 0 aliphatic rings. The Morgan fingerprint density at radius 1 is 1.42 bits per heavy atom. The summed E-state index contributed by atoms with van der Waals surface area (Å²) in [5, 5.41) is 13.5. The van der Waals surface area contributed by atoms with Crippen molar-refractivity contribution in [3.63, 3.8) is 0 Å². The predicted octanol–water partition coefficient (Wildman–Crippen LogP) is 2.91. The fourth-order valence-corrected chi connectivity index (χ4v) is 1.72. The Morgan fingerprint density at radius 3 is 2.47 bits per heavy atom. The topological polar surface area (TPSA) is 72.2 Å². The van der Waals surface area contributed by atoms with E-state index in [1.165, 1.54) is 12.1 Å². The Bertz CT molecular complexity index is 478. The largest absolute Gasteiger partial charge is 0.347 e. The molecule has 1 aromatic carbocycles. The van der Waals surface area contributed by atoms with E-state index >= 15 is 0 Å². The average molecular weight is 262 g/mol. The number of nitrogens with zero attached hydrogens (tertiary/aromatic N) is 1. The highest BCUT2D eigenvalue weighted by atomic mass is 16.6. The Balaban J connectivity index is 2.78. The summed E-state index contributed by atoms with van der Waals surface area (Å²) in [7, 11) is 0. The van der Waals surface area contributed by atoms with Crippen LogP contribution >= 0.6 is 0 Å². The maximum Gasteiger partial charge on any atom is 0.269 e. The van der Waals surface area contributed by atoms with Crippen LogP contribution in [0.1, 0.15) is 32.3 Å². The molecule has 0 bridgehead atoms.